The second-order valence-corrected chi connectivity index (χ2v) is 8.76. The number of fused-ring (bicyclic) bond motifs is 1. The van der Waals surface area contributed by atoms with Gasteiger partial charge in [-0.15, -0.1) is 0 Å². The van der Waals surface area contributed by atoms with Gasteiger partial charge in [0.05, 0.1) is 11.0 Å². The molecule has 0 amide bonds. The van der Waals surface area contributed by atoms with Crippen LogP contribution in [0.4, 0.5) is 4.39 Å². The molecule has 0 bridgehead atoms. The van der Waals surface area contributed by atoms with Crippen molar-refractivity contribution in [3.05, 3.63) is 89.5 Å². The Morgan fingerprint density at radius 1 is 0.844 bits per heavy atom. The molecule has 3 aromatic carbocycles. The smallest absolute Gasteiger partial charge is 0.123 e. The molecule has 1 aliphatic heterocycles. The van der Waals surface area contributed by atoms with E-state index in [0.717, 1.165) is 56.2 Å². The molecular weight excluding hydrogens is 399 g/mol. The van der Waals surface area contributed by atoms with Gasteiger partial charge < -0.3 is 4.57 Å². The molecule has 0 atom stereocenters. The normalized spacial score (nSPS) is 15.5. The van der Waals surface area contributed by atoms with Crippen LogP contribution >= 0.6 is 0 Å². The minimum absolute atomic E-state index is 0.195. The standard InChI is InChI=1S/C27H29FN4/c1-20-29-26-17-21(7-12-27(26)30(20)2)18-31-13-15-32(16-14-31)19-23-5-3-4-6-25(23)22-8-10-24(28)11-9-22/h3-12,17H,13-16,18-19H2,1-2H3. The summed E-state index contributed by atoms with van der Waals surface area (Å²) in [7, 11) is 2.07. The highest BCUT2D eigenvalue weighted by molar-refractivity contribution is 5.76. The third kappa shape index (κ3) is 4.31. The molecule has 4 aromatic rings. The molecular formula is C27H29FN4. The predicted octanol–water partition coefficient (Wildman–Crippen LogP) is 5.01. The first-order chi connectivity index (χ1) is 15.6. The van der Waals surface area contributed by atoms with Crippen molar-refractivity contribution >= 4 is 11.0 Å². The molecule has 1 aliphatic rings. The SMILES string of the molecule is Cc1nc2cc(CN3CCN(Cc4ccccc4-c4ccc(F)cc4)CC3)ccc2n1C. The fraction of sp³-hybridized carbons (Fsp3) is 0.296. The lowest BCUT2D eigenvalue weighted by Crippen LogP contribution is -2.45. The van der Waals surface area contributed by atoms with Crippen molar-refractivity contribution in [2.75, 3.05) is 26.2 Å². The second kappa shape index (κ2) is 8.85. The minimum Gasteiger partial charge on any atom is -0.331 e. The Labute approximate surface area is 188 Å². The van der Waals surface area contributed by atoms with E-state index >= 15 is 0 Å². The molecule has 0 aliphatic carbocycles. The van der Waals surface area contributed by atoms with E-state index in [1.807, 2.05) is 19.1 Å². The first kappa shape index (κ1) is 20.9. The molecule has 32 heavy (non-hydrogen) atoms. The zero-order chi connectivity index (χ0) is 22.1. The van der Waals surface area contributed by atoms with Crippen LogP contribution in [0.3, 0.4) is 0 Å². The number of hydrogen-bond acceptors (Lipinski definition) is 3. The highest BCUT2D eigenvalue weighted by Gasteiger charge is 2.19. The predicted molar refractivity (Wildman–Crippen MR) is 128 cm³/mol. The Morgan fingerprint density at radius 2 is 1.53 bits per heavy atom. The number of hydrogen-bond donors (Lipinski definition) is 0. The van der Waals surface area contributed by atoms with Crippen LogP contribution in [0.25, 0.3) is 22.2 Å². The number of aromatic nitrogens is 2. The number of benzene rings is 3. The largest absolute Gasteiger partial charge is 0.331 e. The zero-order valence-electron chi connectivity index (χ0n) is 18.8. The number of piperazine rings is 1. The Kier molecular flexibility index (Phi) is 5.77. The number of nitrogens with zero attached hydrogens (tertiary/aromatic N) is 4. The third-order valence-corrected chi connectivity index (χ3v) is 6.61. The highest BCUT2D eigenvalue weighted by atomic mass is 19.1. The maximum absolute atomic E-state index is 13.3. The molecule has 4 nitrogen and oxygen atoms in total. The van der Waals surface area contributed by atoms with Gasteiger partial charge in [-0.2, -0.15) is 0 Å². The average Bonchev–Trinajstić information content (AvgIpc) is 3.09. The number of rotatable bonds is 5. The van der Waals surface area contributed by atoms with E-state index in [1.54, 1.807) is 0 Å². The summed E-state index contributed by atoms with van der Waals surface area (Å²) >= 11 is 0. The monoisotopic (exact) mass is 428 g/mol. The number of aryl methyl sites for hydroxylation is 2. The van der Waals surface area contributed by atoms with Crippen molar-refractivity contribution in [2.24, 2.45) is 7.05 Å². The van der Waals surface area contributed by atoms with Crippen molar-refractivity contribution < 1.29 is 4.39 Å². The summed E-state index contributed by atoms with van der Waals surface area (Å²) in [6.45, 7) is 8.13. The molecule has 164 valence electrons. The molecule has 5 heteroatoms. The van der Waals surface area contributed by atoms with Gasteiger partial charge in [0.2, 0.25) is 0 Å². The summed E-state index contributed by atoms with van der Waals surface area (Å²) in [6.07, 6.45) is 0. The first-order valence-electron chi connectivity index (χ1n) is 11.3. The minimum atomic E-state index is -0.195. The van der Waals surface area contributed by atoms with Gasteiger partial charge in [-0.1, -0.05) is 42.5 Å². The van der Waals surface area contributed by atoms with Gasteiger partial charge in [0.1, 0.15) is 11.6 Å². The Hall–Kier alpha value is -3.02. The highest BCUT2D eigenvalue weighted by Crippen LogP contribution is 2.26. The average molecular weight is 429 g/mol. The lowest BCUT2D eigenvalue weighted by atomic mass is 9.99. The van der Waals surface area contributed by atoms with E-state index in [1.165, 1.54) is 34.3 Å². The van der Waals surface area contributed by atoms with Crippen LogP contribution in [0.15, 0.2) is 66.7 Å². The van der Waals surface area contributed by atoms with E-state index in [4.69, 9.17) is 0 Å². The molecule has 0 unspecified atom stereocenters. The first-order valence-corrected chi connectivity index (χ1v) is 11.3. The van der Waals surface area contributed by atoms with Crippen molar-refractivity contribution in [2.45, 2.75) is 20.0 Å². The van der Waals surface area contributed by atoms with Gasteiger partial charge in [0, 0.05) is 46.3 Å². The molecule has 1 aromatic heterocycles. The van der Waals surface area contributed by atoms with Crippen LogP contribution in [0.2, 0.25) is 0 Å². The number of halogens is 1. The lowest BCUT2D eigenvalue weighted by Gasteiger charge is -2.35. The molecule has 0 radical (unpaired) electrons. The van der Waals surface area contributed by atoms with Crippen LogP contribution < -0.4 is 0 Å². The molecule has 1 saturated heterocycles. The lowest BCUT2D eigenvalue weighted by molar-refractivity contribution is 0.122. The molecule has 0 N–H and O–H groups in total. The topological polar surface area (TPSA) is 24.3 Å². The van der Waals surface area contributed by atoms with Gasteiger partial charge in [-0.3, -0.25) is 9.80 Å². The summed E-state index contributed by atoms with van der Waals surface area (Å²) in [6, 6.07) is 21.9. The van der Waals surface area contributed by atoms with E-state index in [0.29, 0.717) is 0 Å². The van der Waals surface area contributed by atoms with Crippen LogP contribution in [0, 0.1) is 12.7 Å². The van der Waals surface area contributed by atoms with Gasteiger partial charge in [0.25, 0.3) is 0 Å². The summed E-state index contributed by atoms with van der Waals surface area (Å²) in [5.41, 5.74) is 7.15. The zero-order valence-corrected chi connectivity index (χ0v) is 18.8. The summed E-state index contributed by atoms with van der Waals surface area (Å²) in [4.78, 5) is 9.72. The maximum atomic E-state index is 13.3. The van der Waals surface area contributed by atoms with Crippen molar-refractivity contribution in [3.63, 3.8) is 0 Å². The fourth-order valence-electron chi connectivity index (χ4n) is 4.64. The Balaban J connectivity index is 1.22. The fourth-order valence-corrected chi connectivity index (χ4v) is 4.64. The van der Waals surface area contributed by atoms with Crippen LogP contribution in [0.1, 0.15) is 17.0 Å². The molecule has 2 heterocycles. The molecule has 0 spiro atoms. The van der Waals surface area contributed by atoms with Gasteiger partial charge in [0.15, 0.2) is 0 Å². The summed E-state index contributed by atoms with van der Waals surface area (Å²) < 4.78 is 15.5. The van der Waals surface area contributed by atoms with Gasteiger partial charge in [-0.25, -0.2) is 9.37 Å². The van der Waals surface area contributed by atoms with Gasteiger partial charge in [-0.05, 0) is 53.4 Å². The van der Waals surface area contributed by atoms with Crippen LogP contribution in [0.5, 0.6) is 0 Å². The van der Waals surface area contributed by atoms with Crippen LogP contribution in [-0.2, 0) is 20.1 Å². The van der Waals surface area contributed by atoms with E-state index < -0.39 is 0 Å². The van der Waals surface area contributed by atoms with Crippen molar-refractivity contribution in [3.8, 4) is 11.1 Å². The molecule has 1 fully saturated rings. The maximum Gasteiger partial charge on any atom is 0.123 e. The third-order valence-electron chi connectivity index (χ3n) is 6.61. The van der Waals surface area contributed by atoms with Crippen molar-refractivity contribution in [1.29, 1.82) is 0 Å². The van der Waals surface area contributed by atoms with Crippen LogP contribution in [-0.4, -0.2) is 45.5 Å². The van der Waals surface area contributed by atoms with Gasteiger partial charge >= 0.3 is 0 Å². The van der Waals surface area contributed by atoms with E-state index in [-0.39, 0.29) is 5.82 Å². The summed E-state index contributed by atoms with van der Waals surface area (Å²) in [5.74, 6) is 0.853. The Bertz CT molecular complexity index is 1220. The molecule has 5 rings (SSSR count). The molecule has 0 saturated carbocycles. The van der Waals surface area contributed by atoms with E-state index in [9.17, 15) is 4.39 Å². The van der Waals surface area contributed by atoms with E-state index in [2.05, 4.69) is 68.9 Å². The van der Waals surface area contributed by atoms with Crippen molar-refractivity contribution in [1.82, 2.24) is 19.4 Å². The Morgan fingerprint density at radius 3 is 2.28 bits per heavy atom. The summed E-state index contributed by atoms with van der Waals surface area (Å²) in [5, 5.41) is 0. The quantitative estimate of drug-likeness (QED) is 0.447. The number of imidazole rings is 1. The second-order valence-electron chi connectivity index (χ2n) is 8.76.